The van der Waals surface area contributed by atoms with E-state index in [9.17, 15) is 22.8 Å². The van der Waals surface area contributed by atoms with Crippen LogP contribution in [-0.2, 0) is 15.7 Å². The summed E-state index contributed by atoms with van der Waals surface area (Å²) in [6.45, 7) is 3.66. The van der Waals surface area contributed by atoms with Gasteiger partial charge in [-0.25, -0.2) is 4.79 Å². The molecule has 4 rings (SSSR count). The van der Waals surface area contributed by atoms with E-state index in [-0.39, 0.29) is 41.8 Å². The third-order valence-corrected chi connectivity index (χ3v) is 6.96. The number of nitrogens with one attached hydrogen (secondary N) is 1. The number of carbonyl (C=O) groups excluding carboxylic acids is 1. The highest BCUT2D eigenvalue weighted by molar-refractivity contribution is 5.88. The van der Waals surface area contributed by atoms with Gasteiger partial charge in [-0.1, -0.05) is 18.2 Å². The zero-order chi connectivity index (χ0) is 25.9. The smallest absolute Gasteiger partial charge is 0.416 e. The number of aromatic carboxylic acids is 1. The van der Waals surface area contributed by atoms with E-state index in [0.717, 1.165) is 17.7 Å². The number of hydrogen-bond donors (Lipinski definition) is 2. The number of amides is 1. The molecule has 2 aromatic carbocycles. The maximum Gasteiger partial charge on any atom is 0.416 e. The Bertz CT molecular complexity index is 1090. The molecule has 0 radical (unpaired) electrons. The summed E-state index contributed by atoms with van der Waals surface area (Å²) in [6, 6.07) is 10.8. The maximum absolute atomic E-state index is 13.6. The second-order valence-electron chi connectivity index (χ2n) is 9.27. The third kappa shape index (κ3) is 6.55. The molecule has 202 valence electrons. The van der Waals surface area contributed by atoms with E-state index >= 15 is 0 Å². The van der Waals surface area contributed by atoms with Gasteiger partial charge in [-0.15, -0.1) is 12.4 Å². The van der Waals surface area contributed by atoms with Gasteiger partial charge in [0, 0.05) is 26.3 Å². The SMILES string of the molecule is C[C@H](NC(=O)C1(N2CC[C@@H](Oc3cccc(C(F)(F)F)c3)C2)CCOCC1)c1ccc(C(=O)O)cc1.Cl. The Hall–Kier alpha value is -2.82. The van der Waals surface area contributed by atoms with E-state index in [4.69, 9.17) is 14.6 Å². The summed E-state index contributed by atoms with van der Waals surface area (Å²) in [5, 5.41) is 12.2. The van der Waals surface area contributed by atoms with E-state index in [1.807, 2.05) is 6.92 Å². The number of rotatable bonds is 7. The topological polar surface area (TPSA) is 88.1 Å². The van der Waals surface area contributed by atoms with Crippen molar-refractivity contribution in [1.29, 1.82) is 0 Å². The number of carboxylic acids is 1. The van der Waals surface area contributed by atoms with E-state index in [1.165, 1.54) is 24.3 Å². The Kier molecular flexibility index (Phi) is 9.09. The van der Waals surface area contributed by atoms with Crippen LogP contribution in [0.5, 0.6) is 5.75 Å². The summed E-state index contributed by atoms with van der Waals surface area (Å²) < 4.78 is 50.6. The zero-order valence-corrected chi connectivity index (χ0v) is 21.1. The van der Waals surface area contributed by atoms with Gasteiger partial charge in [-0.05, 0) is 62.1 Å². The average Bonchev–Trinajstić information content (AvgIpc) is 3.33. The summed E-state index contributed by atoms with van der Waals surface area (Å²) in [5.41, 5.74) is -0.635. The van der Waals surface area contributed by atoms with E-state index in [1.54, 1.807) is 12.1 Å². The fourth-order valence-corrected chi connectivity index (χ4v) is 4.88. The highest BCUT2D eigenvalue weighted by atomic mass is 35.5. The normalized spacial score (nSPS) is 20.5. The molecule has 0 bridgehead atoms. The lowest BCUT2D eigenvalue weighted by atomic mass is 9.86. The van der Waals surface area contributed by atoms with Crippen molar-refractivity contribution in [3.8, 4) is 5.75 Å². The number of likely N-dealkylation sites (tertiary alicyclic amines) is 1. The van der Waals surface area contributed by atoms with Crippen LogP contribution in [0.4, 0.5) is 13.2 Å². The van der Waals surface area contributed by atoms with Crippen molar-refractivity contribution < 1.29 is 37.3 Å². The third-order valence-electron chi connectivity index (χ3n) is 6.96. The molecule has 2 fully saturated rings. The number of halogens is 4. The number of carboxylic acid groups (broad SMARTS) is 1. The van der Waals surface area contributed by atoms with Gasteiger partial charge >= 0.3 is 12.1 Å². The summed E-state index contributed by atoms with van der Waals surface area (Å²) >= 11 is 0. The molecule has 37 heavy (non-hydrogen) atoms. The quantitative estimate of drug-likeness (QED) is 0.527. The Morgan fingerprint density at radius 2 is 1.84 bits per heavy atom. The number of ether oxygens (including phenoxy) is 2. The molecule has 1 amide bonds. The van der Waals surface area contributed by atoms with Crippen molar-refractivity contribution in [2.24, 2.45) is 0 Å². The number of alkyl halides is 3. The van der Waals surface area contributed by atoms with Gasteiger partial charge < -0.3 is 19.9 Å². The van der Waals surface area contributed by atoms with Gasteiger partial charge in [0.15, 0.2) is 0 Å². The summed E-state index contributed by atoms with van der Waals surface area (Å²) in [5.74, 6) is -1.02. The molecule has 2 aromatic rings. The minimum Gasteiger partial charge on any atom is -0.489 e. The summed E-state index contributed by atoms with van der Waals surface area (Å²) in [6.07, 6.45) is -3.24. The van der Waals surface area contributed by atoms with Gasteiger partial charge in [0.25, 0.3) is 0 Å². The van der Waals surface area contributed by atoms with E-state index in [0.29, 0.717) is 45.6 Å². The van der Waals surface area contributed by atoms with Gasteiger partial charge in [-0.3, -0.25) is 9.69 Å². The fourth-order valence-electron chi connectivity index (χ4n) is 4.88. The number of carbonyl (C=O) groups is 2. The van der Waals surface area contributed by atoms with Gasteiger partial charge in [0.05, 0.1) is 17.2 Å². The molecule has 7 nitrogen and oxygen atoms in total. The Balaban J connectivity index is 0.00000380. The minimum absolute atomic E-state index is 0. The number of benzene rings is 2. The second kappa shape index (κ2) is 11.7. The van der Waals surface area contributed by atoms with E-state index < -0.39 is 23.2 Å². The highest BCUT2D eigenvalue weighted by Gasteiger charge is 2.48. The molecule has 0 spiro atoms. The predicted molar refractivity (Wildman–Crippen MR) is 132 cm³/mol. The Morgan fingerprint density at radius 3 is 2.46 bits per heavy atom. The lowest BCUT2D eigenvalue weighted by Gasteiger charge is -2.43. The molecule has 11 heteroatoms. The predicted octanol–water partition coefficient (Wildman–Crippen LogP) is 4.71. The van der Waals surface area contributed by atoms with Crippen LogP contribution in [0.3, 0.4) is 0 Å². The van der Waals surface area contributed by atoms with Gasteiger partial charge in [0.2, 0.25) is 5.91 Å². The molecule has 2 atom stereocenters. The lowest BCUT2D eigenvalue weighted by Crippen LogP contribution is -2.61. The van der Waals surface area contributed by atoms with Gasteiger partial charge in [0.1, 0.15) is 17.4 Å². The molecule has 2 saturated heterocycles. The van der Waals surface area contributed by atoms with Crippen LogP contribution in [-0.4, -0.2) is 59.8 Å². The molecule has 2 aliphatic heterocycles. The van der Waals surface area contributed by atoms with Crippen molar-refractivity contribution in [2.45, 2.75) is 50.0 Å². The molecule has 2 N–H and O–H groups in total. The van der Waals surface area contributed by atoms with Crippen LogP contribution in [0.25, 0.3) is 0 Å². The standard InChI is InChI=1S/C26H29F3N2O5.ClH/c1-17(18-5-7-19(8-6-18)23(32)33)30-24(34)25(10-13-35-14-11-25)31-12-9-22(16-31)36-21-4-2-3-20(15-21)26(27,28)29;/h2-8,15,17,22H,9-14,16H2,1H3,(H,30,34)(H,32,33);1H/t17-,22+;/m0./s1. The van der Waals surface area contributed by atoms with Crippen molar-refractivity contribution in [3.05, 3.63) is 65.2 Å². The van der Waals surface area contributed by atoms with E-state index in [2.05, 4.69) is 10.2 Å². The van der Waals surface area contributed by atoms with Crippen molar-refractivity contribution in [2.75, 3.05) is 26.3 Å². The zero-order valence-electron chi connectivity index (χ0n) is 20.3. The van der Waals surface area contributed by atoms with Crippen LogP contribution in [0.15, 0.2) is 48.5 Å². The first kappa shape index (κ1) is 28.7. The second-order valence-corrected chi connectivity index (χ2v) is 9.27. The molecule has 0 aliphatic carbocycles. The fraction of sp³-hybridized carbons (Fsp3) is 0.462. The maximum atomic E-state index is 13.6. The molecule has 2 heterocycles. The van der Waals surface area contributed by atoms with Crippen molar-refractivity contribution >= 4 is 24.3 Å². The van der Waals surface area contributed by atoms with Crippen LogP contribution in [0, 0.1) is 0 Å². The number of nitrogens with zero attached hydrogens (tertiary/aromatic N) is 1. The van der Waals surface area contributed by atoms with Crippen LogP contribution < -0.4 is 10.1 Å². The molecular formula is C26H30ClF3N2O5. The first-order valence-electron chi connectivity index (χ1n) is 11.9. The Morgan fingerprint density at radius 1 is 1.16 bits per heavy atom. The van der Waals surface area contributed by atoms with Gasteiger partial charge in [-0.2, -0.15) is 13.2 Å². The molecule has 2 aliphatic rings. The molecule has 0 saturated carbocycles. The minimum atomic E-state index is -4.45. The molecular weight excluding hydrogens is 513 g/mol. The largest absolute Gasteiger partial charge is 0.489 e. The first-order valence-corrected chi connectivity index (χ1v) is 11.9. The van der Waals surface area contributed by atoms with Crippen LogP contribution in [0.2, 0.25) is 0 Å². The monoisotopic (exact) mass is 542 g/mol. The molecule has 0 unspecified atom stereocenters. The average molecular weight is 543 g/mol. The highest BCUT2D eigenvalue weighted by Crippen LogP contribution is 2.35. The van der Waals surface area contributed by atoms with Crippen molar-refractivity contribution in [3.63, 3.8) is 0 Å². The van der Waals surface area contributed by atoms with Crippen LogP contribution >= 0.6 is 12.4 Å². The first-order chi connectivity index (χ1) is 17.1. The number of hydrogen-bond acceptors (Lipinski definition) is 5. The van der Waals surface area contributed by atoms with Crippen molar-refractivity contribution in [1.82, 2.24) is 10.2 Å². The Labute approximate surface area is 219 Å². The molecule has 0 aromatic heterocycles. The summed E-state index contributed by atoms with van der Waals surface area (Å²) in [4.78, 5) is 26.8. The lowest BCUT2D eigenvalue weighted by molar-refractivity contribution is -0.141. The van der Waals surface area contributed by atoms with Crippen LogP contribution in [0.1, 0.15) is 53.7 Å². The summed E-state index contributed by atoms with van der Waals surface area (Å²) in [7, 11) is 0.